The monoisotopic (exact) mass is 305 g/mol. The Morgan fingerprint density at radius 3 is 2.61 bits per heavy atom. The lowest BCUT2D eigenvalue weighted by molar-refractivity contribution is 0.227. The second-order valence-corrected chi connectivity index (χ2v) is 5.84. The molecule has 0 spiro atoms. The minimum absolute atomic E-state index is 0.265. The number of fused-ring (bicyclic) bond motifs is 6. The van der Waals surface area contributed by atoms with Crippen LogP contribution in [0.5, 0.6) is 5.75 Å². The Morgan fingerprint density at radius 1 is 1.17 bits per heavy atom. The standard InChI is InChI=1S/C17H12BNO4/c1-17(18)8-7-11-12-14(22-16(21)19(2)15(12)20)10-6-4-3-5-9(10)13(11)23-17/h3-8H,1-2H3. The third-order valence-electron chi connectivity index (χ3n) is 4.04. The summed E-state index contributed by atoms with van der Waals surface area (Å²) in [5, 5.41) is 1.70. The van der Waals surface area contributed by atoms with Gasteiger partial charge in [-0.05, 0) is 6.92 Å². The van der Waals surface area contributed by atoms with Crippen LogP contribution in [0.3, 0.4) is 0 Å². The maximum atomic E-state index is 12.6. The molecule has 0 saturated carbocycles. The highest BCUT2D eigenvalue weighted by atomic mass is 16.5. The van der Waals surface area contributed by atoms with Crippen LogP contribution in [0.2, 0.25) is 0 Å². The van der Waals surface area contributed by atoms with Crippen LogP contribution in [0.25, 0.3) is 27.8 Å². The van der Waals surface area contributed by atoms with E-state index in [-0.39, 0.29) is 5.58 Å². The van der Waals surface area contributed by atoms with Gasteiger partial charge >= 0.3 is 5.76 Å². The van der Waals surface area contributed by atoms with Gasteiger partial charge in [-0.1, -0.05) is 36.4 Å². The summed E-state index contributed by atoms with van der Waals surface area (Å²) in [6.45, 7) is 1.73. The first-order valence-corrected chi connectivity index (χ1v) is 7.15. The van der Waals surface area contributed by atoms with Crippen molar-refractivity contribution in [3.63, 3.8) is 0 Å². The summed E-state index contributed by atoms with van der Waals surface area (Å²) in [4.78, 5) is 24.5. The third-order valence-corrected chi connectivity index (χ3v) is 4.04. The summed E-state index contributed by atoms with van der Waals surface area (Å²) in [7, 11) is 7.44. The number of aromatic nitrogens is 1. The number of hydrogen-bond acceptors (Lipinski definition) is 4. The fraction of sp³-hybridized carbons (Fsp3) is 0.176. The van der Waals surface area contributed by atoms with Crippen molar-refractivity contribution in [1.82, 2.24) is 4.57 Å². The quantitative estimate of drug-likeness (QED) is 0.470. The maximum Gasteiger partial charge on any atom is 0.422 e. The fourth-order valence-electron chi connectivity index (χ4n) is 2.89. The molecule has 2 radical (unpaired) electrons. The van der Waals surface area contributed by atoms with E-state index < -0.39 is 16.8 Å². The van der Waals surface area contributed by atoms with E-state index in [2.05, 4.69) is 0 Å². The van der Waals surface area contributed by atoms with Gasteiger partial charge in [0, 0.05) is 23.4 Å². The van der Waals surface area contributed by atoms with E-state index in [1.165, 1.54) is 7.05 Å². The molecule has 0 bridgehead atoms. The molecule has 0 amide bonds. The maximum absolute atomic E-state index is 12.6. The van der Waals surface area contributed by atoms with Crippen LogP contribution in [-0.4, -0.2) is 17.9 Å². The SMILES string of the molecule is [B]C1(C)C=Cc2c(c3ccccc3c3oc(=O)n(C)c(=O)c23)O1. The average Bonchev–Trinajstić information content (AvgIpc) is 2.52. The largest absolute Gasteiger partial charge is 0.492 e. The van der Waals surface area contributed by atoms with Crippen LogP contribution in [0.1, 0.15) is 12.5 Å². The zero-order chi connectivity index (χ0) is 16.4. The Balaban J connectivity index is 2.34. The van der Waals surface area contributed by atoms with E-state index in [1.807, 2.05) is 18.2 Å². The second-order valence-electron chi connectivity index (χ2n) is 5.84. The van der Waals surface area contributed by atoms with Gasteiger partial charge in [-0.3, -0.25) is 4.79 Å². The Hall–Kier alpha value is -2.76. The lowest BCUT2D eigenvalue weighted by Gasteiger charge is -2.30. The first kappa shape index (κ1) is 13.9. The normalized spacial score (nSPS) is 19.7. The second kappa shape index (κ2) is 4.38. The summed E-state index contributed by atoms with van der Waals surface area (Å²) < 4.78 is 12.2. The molecule has 2 heterocycles. The van der Waals surface area contributed by atoms with Crippen LogP contribution in [0, 0.1) is 0 Å². The molecule has 112 valence electrons. The topological polar surface area (TPSA) is 61.4 Å². The zero-order valence-corrected chi connectivity index (χ0v) is 12.6. The molecule has 5 nitrogen and oxygen atoms in total. The predicted molar refractivity (Wildman–Crippen MR) is 89.1 cm³/mol. The Kier molecular flexibility index (Phi) is 2.64. The van der Waals surface area contributed by atoms with E-state index in [4.69, 9.17) is 17.0 Å². The van der Waals surface area contributed by atoms with Crippen molar-refractivity contribution < 1.29 is 9.15 Å². The number of nitrogens with zero attached hydrogens (tertiary/aromatic N) is 1. The summed E-state index contributed by atoms with van der Waals surface area (Å²) in [5.74, 6) is -0.177. The van der Waals surface area contributed by atoms with Crippen LogP contribution in [0.15, 0.2) is 44.3 Å². The van der Waals surface area contributed by atoms with Crippen molar-refractivity contribution in [1.29, 1.82) is 0 Å². The van der Waals surface area contributed by atoms with E-state index in [1.54, 1.807) is 25.1 Å². The van der Waals surface area contributed by atoms with Gasteiger partial charge in [0.05, 0.1) is 10.9 Å². The Bertz CT molecular complexity index is 1120. The summed E-state index contributed by atoms with van der Waals surface area (Å²) in [5.41, 5.74) is -0.552. The van der Waals surface area contributed by atoms with Crippen molar-refractivity contribution >= 4 is 35.7 Å². The van der Waals surface area contributed by atoms with E-state index in [0.29, 0.717) is 22.1 Å². The summed E-state index contributed by atoms with van der Waals surface area (Å²) in [6, 6.07) is 7.30. The lowest BCUT2D eigenvalue weighted by atomic mass is 9.80. The number of rotatable bonds is 0. The molecule has 1 aliphatic heterocycles. The van der Waals surface area contributed by atoms with Crippen LogP contribution in [0.4, 0.5) is 0 Å². The Morgan fingerprint density at radius 2 is 1.87 bits per heavy atom. The van der Waals surface area contributed by atoms with Gasteiger partial charge in [0.1, 0.15) is 13.6 Å². The minimum atomic E-state index is -0.968. The first-order chi connectivity index (χ1) is 10.9. The highest BCUT2D eigenvalue weighted by Crippen LogP contribution is 2.41. The van der Waals surface area contributed by atoms with E-state index >= 15 is 0 Å². The van der Waals surface area contributed by atoms with Crippen molar-refractivity contribution in [3.05, 3.63) is 56.8 Å². The molecule has 23 heavy (non-hydrogen) atoms. The smallest absolute Gasteiger partial charge is 0.422 e. The molecule has 1 aliphatic rings. The molecule has 1 atom stereocenters. The number of hydrogen-bond donors (Lipinski definition) is 0. The molecule has 4 rings (SSSR count). The molecular weight excluding hydrogens is 293 g/mol. The molecule has 0 N–H and O–H groups in total. The van der Waals surface area contributed by atoms with E-state index in [9.17, 15) is 9.59 Å². The van der Waals surface area contributed by atoms with Gasteiger partial charge in [-0.2, -0.15) is 0 Å². The van der Waals surface area contributed by atoms with Gasteiger partial charge in [0.25, 0.3) is 5.56 Å². The van der Waals surface area contributed by atoms with Gasteiger partial charge in [0.2, 0.25) is 0 Å². The Labute approximate surface area is 132 Å². The van der Waals surface area contributed by atoms with Crippen LogP contribution in [-0.2, 0) is 7.05 Å². The van der Waals surface area contributed by atoms with Gasteiger partial charge in [-0.25, -0.2) is 9.36 Å². The molecule has 3 aromatic rings. The van der Waals surface area contributed by atoms with Crippen molar-refractivity contribution in [2.24, 2.45) is 7.05 Å². The highest BCUT2D eigenvalue weighted by Gasteiger charge is 2.27. The van der Waals surface area contributed by atoms with E-state index in [0.717, 1.165) is 9.95 Å². The molecule has 0 fully saturated rings. The molecule has 0 saturated heterocycles. The van der Waals surface area contributed by atoms with Gasteiger partial charge in [0.15, 0.2) is 5.58 Å². The van der Waals surface area contributed by atoms with Crippen molar-refractivity contribution in [2.75, 3.05) is 0 Å². The first-order valence-electron chi connectivity index (χ1n) is 7.15. The molecule has 6 heteroatoms. The number of ether oxygens (including phenoxy) is 1. The lowest BCUT2D eigenvalue weighted by Crippen LogP contribution is -2.34. The molecule has 1 aromatic heterocycles. The summed E-state index contributed by atoms with van der Waals surface area (Å²) in [6.07, 6.45) is 3.42. The zero-order valence-electron chi connectivity index (χ0n) is 12.6. The molecule has 1 unspecified atom stereocenters. The van der Waals surface area contributed by atoms with Crippen molar-refractivity contribution in [2.45, 2.75) is 12.4 Å². The van der Waals surface area contributed by atoms with Crippen molar-refractivity contribution in [3.8, 4) is 5.75 Å². The fourth-order valence-corrected chi connectivity index (χ4v) is 2.89. The summed E-state index contributed by atoms with van der Waals surface area (Å²) >= 11 is 0. The van der Waals surface area contributed by atoms with Gasteiger partial charge < -0.3 is 9.15 Å². The van der Waals surface area contributed by atoms with Crippen LogP contribution >= 0.6 is 0 Å². The number of benzene rings is 2. The van der Waals surface area contributed by atoms with Crippen LogP contribution < -0.4 is 16.1 Å². The molecule has 2 aromatic carbocycles. The van der Waals surface area contributed by atoms with Gasteiger partial charge in [-0.15, -0.1) is 0 Å². The minimum Gasteiger partial charge on any atom is -0.492 e. The molecular formula is C17H12BNO4. The highest BCUT2D eigenvalue weighted by molar-refractivity contribution is 6.18. The predicted octanol–water partition coefficient (Wildman–Crippen LogP) is 1.94. The third kappa shape index (κ3) is 1.88. The molecule has 0 aliphatic carbocycles. The average molecular weight is 305 g/mol.